The van der Waals surface area contributed by atoms with Crippen molar-refractivity contribution in [3.8, 4) is 0 Å². The van der Waals surface area contributed by atoms with Crippen molar-refractivity contribution in [2.24, 2.45) is 11.1 Å². The molecule has 1 saturated heterocycles. The highest BCUT2D eigenvalue weighted by Gasteiger charge is 2.20. The molecule has 1 aliphatic rings. The number of hydrogen-bond acceptors (Lipinski definition) is 3. The van der Waals surface area contributed by atoms with Gasteiger partial charge in [-0.25, -0.2) is 0 Å². The third kappa shape index (κ3) is 5.50. The molecule has 0 aromatic rings. The van der Waals surface area contributed by atoms with Crippen LogP contribution >= 0.6 is 0 Å². The second-order valence-corrected chi connectivity index (χ2v) is 5.74. The van der Waals surface area contributed by atoms with E-state index < -0.39 is 0 Å². The van der Waals surface area contributed by atoms with Gasteiger partial charge in [0.25, 0.3) is 0 Å². The molecule has 2 unspecified atom stereocenters. The molecule has 2 atom stereocenters. The van der Waals surface area contributed by atoms with E-state index in [-0.39, 0.29) is 0 Å². The Morgan fingerprint density at radius 2 is 2.20 bits per heavy atom. The predicted molar refractivity (Wildman–Crippen MR) is 63.9 cm³/mol. The van der Waals surface area contributed by atoms with Gasteiger partial charge >= 0.3 is 0 Å². The number of rotatable bonds is 5. The van der Waals surface area contributed by atoms with Crippen molar-refractivity contribution in [1.82, 2.24) is 5.32 Å². The average molecular weight is 214 g/mol. The summed E-state index contributed by atoms with van der Waals surface area (Å²) in [5, 5.41) is 3.52. The maximum Gasteiger partial charge on any atom is 0.0700 e. The molecule has 1 heterocycles. The van der Waals surface area contributed by atoms with Crippen molar-refractivity contribution in [1.29, 1.82) is 0 Å². The minimum absolute atomic E-state index is 0.341. The maximum atomic E-state index is 5.76. The summed E-state index contributed by atoms with van der Waals surface area (Å²) < 4.78 is 5.57. The SMILES string of the molecule is CC(C)(C)CC(CN)NCC1CCCO1. The topological polar surface area (TPSA) is 47.3 Å². The van der Waals surface area contributed by atoms with E-state index in [1.807, 2.05) is 0 Å². The molecule has 0 aliphatic carbocycles. The summed E-state index contributed by atoms with van der Waals surface area (Å²) in [6, 6.07) is 0.425. The fraction of sp³-hybridized carbons (Fsp3) is 1.00. The second-order valence-electron chi connectivity index (χ2n) is 5.74. The van der Waals surface area contributed by atoms with Crippen LogP contribution in [0.5, 0.6) is 0 Å². The third-order valence-corrected chi connectivity index (χ3v) is 2.80. The number of nitrogens with one attached hydrogen (secondary N) is 1. The molecule has 3 heteroatoms. The van der Waals surface area contributed by atoms with Gasteiger partial charge in [0.15, 0.2) is 0 Å². The van der Waals surface area contributed by atoms with Crippen molar-refractivity contribution in [2.45, 2.75) is 52.2 Å². The summed E-state index contributed by atoms with van der Waals surface area (Å²) in [6.45, 7) is 9.36. The van der Waals surface area contributed by atoms with Gasteiger partial charge in [0.05, 0.1) is 6.10 Å². The van der Waals surface area contributed by atoms with Crippen molar-refractivity contribution < 1.29 is 4.74 Å². The Kier molecular flexibility index (Phi) is 5.03. The van der Waals surface area contributed by atoms with Crippen LogP contribution in [0.15, 0.2) is 0 Å². The monoisotopic (exact) mass is 214 g/mol. The molecule has 0 saturated carbocycles. The standard InChI is InChI=1S/C12H26N2O/c1-12(2,3)7-10(8-13)14-9-11-5-4-6-15-11/h10-11,14H,4-9,13H2,1-3H3. The molecule has 3 N–H and O–H groups in total. The first kappa shape index (κ1) is 12.9. The van der Waals surface area contributed by atoms with Gasteiger partial charge in [0.2, 0.25) is 0 Å². The number of hydrogen-bond donors (Lipinski definition) is 2. The minimum Gasteiger partial charge on any atom is -0.377 e. The van der Waals surface area contributed by atoms with E-state index >= 15 is 0 Å². The fourth-order valence-electron chi connectivity index (χ4n) is 2.08. The highest BCUT2D eigenvalue weighted by molar-refractivity contribution is 4.77. The van der Waals surface area contributed by atoms with Gasteiger partial charge in [-0.15, -0.1) is 0 Å². The van der Waals surface area contributed by atoms with Gasteiger partial charge < -0.3 is 15.8 Å². The number of ether oxygens (including phenoxy) is 1. The lowest BCUT2D eigenvalue weighted by molar-refractivity contribution is 0.106. The normalized spacial score (nSPS) is 24.4. The van der Waals surface area contributed by atoms with E-state index in [9.17, 15) is 0 Å². The van der Waals surface area contributed by atoms with Crippen LogP contribution in [0, 0.1) is 5.41 Å². The Hall–Kier alpha value is -0.120. The summed E-state index contributed by atoms with van der Waals surface area (Å²) in [7, 11) is 0. The zero-order valence-electron chi connectivity index (χ0n) is 10.4. The van der Waals surface area contributed by atoms with Gasteiger partial charge in [0.1, 0.15) is 0 Å². The molecular formula is C12H26N2O. The third-order valence-electron chi connectivity index (χ3n) is 2.80. The molecule has 0 bridgehead atoms. The van der Waals surface area contributed by atoms with Crippen molar-refractivity contribution >= 4 is 0 Å². The van der Waals surface area contributed by atoms with E-state index in [1.54, 1.807) is 0 Å². The van der Waals surface area contributed by atoms with E-state index in [0.29, 0.717) is 24.1 Å². The highest BCUT2D eigenvalue weighted by Crippen LogP contribution is 2.20. The van der Waals surface area contributed by atoms with E-state index in [0.717, 1.165) is 19.6 Å². The first-order chi connectivity index (χ1) is 7.01. The van der Waals surface area contributed by atoms with Crippen LogP contribution in [0.2, 0.25) is 0 Å². The predicted octanol–water partition coefficient (Wildman–Crippen LogP) is 1.52. The van der Waals surface area contributed by atoms with Crippen molar-refractivity contribution in [3.05, 3.63) is 0 Å². The van der Waals surface area contributed by atoms with Crippen LogP contribution in [0.1, 0.15) is 40.0 Å². The Labute approximate surface area is 93.8 Å². The van der Waals surface area contributed by atoms with Crippen LogP contribution in [0.3, 0.4) is 0 Å². The second kappa shape index (κ2) is 5.83. The minimum atomic E-state index is 0.341. The lowest BCUT2D eigenvalue weighted by atomic mass is 9.88. The van der Waals surface area contributed by atoms with E-state index in [4.69, 9.17) is 10.5 Å². The molecule has 0 radical (unpaired) electrons. The van der Waals surface area contributed by atoms with Crippen LogP contribution in [0.4, 0.5) is 0 Å². The summed E-state index contributed by atoms with van der Waals surface area (Å²) in [5.74, 6) is 0. The smallest absolute Gasteiger partial charge is 0.0700 e. The van der Waals surface area contributed by atoms with Crippen LogP contribution in [-0.4, -0.2) is 31.8 Å². The van der Waals surface area contributed by atoms with Crippen molar-refractivity contribution in [2.75, 3.05) is 19.7 Å². The van der Waals surface area contributed by atoms with E-state index in [1.165, 1.54) is 12.8 Å². The molecule has 1 rings (SSSR count). The summed E-state index contributed by atoms with van der Waals surface area (Å²) in [5.41, 5.74) is 6.10. The lowest BCUT2D eigenvalue weighted by Gasteiger charge is -2.26. The molecule has 90 valence electrons. The summed E-state index contributed by atoms with van der Waals surface area (Å²) >= 11 is 0. The van der Waals surface area contributed by atoms with Gasteiger partial charge in [-0.3, -0.25) is 0 Å². The Balaban J connectivity index is 2.21. The van der Waals surface area contributed by atoms with E-state index in [2.05, 4.69) is 26.1 Å². The van der Waals surface area contributed by atoms with Crippen LogP contribution in [0.25, 0.3) is 0 Å². The molecule has 0 aromatic carbocycles. The summed E-state index contributed by atoms with van der Waals surface area (Å²) in [4.78, 5) is 0. The largest absolute Gasteiger partial charge is 0.377 e. The molecule has 0 amide bonds. The molecule has 0 aromatic heterocycles. The Morgan fingerprint density at radius 3 is 2.67 bits per heavy atom. The zero-order chi connectivity index (χ0) is 11.3. The molecule has 0 spiro atoms. The lowest BCUT2D eigenvalue weighted by Crippen LogP contribution is -2.42. The number of nitrogens with two attached hydrogens (primary N) is 1. The molecule has 3 nitrogen and oxygen atoms in total. The highest BCUT2D eigenvalue weighted by atomic mass is 16.5. The molecule has 1 aliphatic heterocycles. The van der Waals surface area contributed by atoms with Crippen LogP contribution in [-0.2, 0) is 4.74 Å². The van der Waals surface area contributed by atoms with Crippen LogP contribution < -0.4 is 11.1 Å². The average Bonchev–Trinajstić information content (AvgIpc) is 2.62. The summed E-state index contributed by atoms with van der Waals surface area (Å²) in [6.07, 6.45) is 3.94. The van der Waals surface area contributed by atoms with Gasteiger partial charge in [-0.2, -0.15) is 0 Å². The Morgan fingerprint density at radius 1 is 1.47 bits per heavy atom. The molecule has 1 fully saturated rings. The quantitative estimate of drug-likeness (QED) is 0.729. The first-order valence-electron chi connectivity index (χ1n) is 6.06. The molecular weight excluding hydrogens is 188 g/mol. The van der Waals surface area contributed by atoms with Gasteiger partial charge in [-0.05, 0) is 24.7 Å². The van der Waals surface area contributed by atoms with Crippen molar-refractivity contribution in [3.63, 3.8) is 0 Å². The maximum absolute atomic E-state index is 5.76. The first-order valence-corrected chi connectivity index (χ1v) is 6.06. The van der Waals surface area contributed by atoms with Gasteiger partial charge in [-0.1, -0.05) is 20.8 Å². The Bertz CT molecular complexity index is 171. The fourth-order valence-corrected chi connectivity index (χ4v) is 2.08. The zero-order valence-corrected chi connectivity index (χ0v) is 10.4. The van der Waals surface area contributed by atoms with Gasteiger partial charge in [0, 0.05) is 25.7 Å². The molecule has 15 heavy (non-hydrogen) atoms.